The van der Waals surface area contributed by atoms with Crippen LogP contribution in [0.25, 0.3) is 0 Å². The topological polar surface area (TPSA) is 84.5 Å². The Morgan fingerprint density at radius 3 is 2.36 bits per heavy atom. The first-order chi connectivity index (χ1) is 13.3. The number of hydrogen-bond donors (Lipinski definition) is 2. The molecule has 0 atom stereocenters. The third-order valence-electron chi connectivity index (χ3n) is 3.71. The fraction of sp³-hybridized carbons (Fsp3) is 0.316. The average molecular weight is 443 g/mol. The van der Waals surface area contributed by atoms with Crippen LogP contribution in [0.4, 0.5) is 0 Å². The second-order valence-corrected chi connectivity index (χ2v) is 8.14. The molecule has 1 aromatic heterocycles. The summed E-state index contributed by atoms with van der Waals surface area (Å²) in [6.07, 6.45) is 0.710. The van der Waals surface area contributed by atoms with Crippen molar-refractivity contribution >= 4 is 52.1 Å². The standard InChI is InChI=1S/C19H20Cl2N2O4S/c1-12-11-13(20)4-6-15(12)27-10-2-3-18(25)22-23-19(26)9-5-14(24)16-7-8-17(21)28-16/h4,6-8,11H,2-3,5,9-10H2,1H3,(H,22,25)(H,23,26). The second kappa shape index (κ2) is 11.0. The Hall–Kier alpha value is -2.09. The number of rotatable bonds is 9. The van der Waals surface area contributed by atoms with Crippen molar-refractivity contribution in [3.63, 3.8) is 0 Å². The summed E-state index contributed by atoms with van der Waals surface area (Å²) in [5.74, 6) is -0.207. The van der Waals surface area contributed by atoms with E-state index in [1.165, 1.54) is 11.3 Å². The van der Waals surface area contributed by atoms with Gasteiger partial charge in [0, 0.05) is 24.3 Å². The van der Waals surface area contributed by atoms with Gasteiger partial charge in [0.25, 0.3) is 0 Å². The number of hydrogen-bond acceptors (Lipinski definition) is 5. The molecule has 0 aliphatic carbocycles. The summed E-state index contributed by atoms with van der Waals surface area (Å²) in [6, 6.07) is 8.59. The minimum absolute atomic E-state index is 0.0203. The van der Waals surface area contributed by atoms with E-state index in [0.29, 0.717) is 27.3 Å². The lowest BCUT2D eigenvalue weighted by Gasteiger charge is -2.10. The number of aryl methyl sites for hydroxylation is 1. The first-order valence-corrected chi connectivity index (χ1v) is 10.2. The van der Waals surface area contributed by atoms with Gasteiger partial charge in [0.15, 0.2) is 5.78 Å². The third-order valence-corrected chi connectivity index (χ3v) is 5.22. The molecule has 0 saturated heterocycles. The Bertz CT molecular complexity index is 854. The number of ketones is 1. The number of carbonyl (C=O) groups excluding carboxylic acids is 3. The SMILES string of the molecule is Cc1cc(Cl)ccc1OCCCC(=O)NNC(=O)CCC(=O)c1ccc(Cl)s1. The van der Waals surface area contributed by atoms with Crippen molar-refractivity contribution in [3.05, 3.63) is 50.1 Å². The third kappa shape index (κ3) is 7.50. The lowest BCUT2D eigenvalue weighted by atomic mass is 10.2. The molecule has 0 spiro atoms. The van der Waals surface area contributed by atoms with Gasteiger partial charge in [-0.3, -0.25) is 25.2 Å². The minimum Gasteiger partial charge on any atom is -0.493 e. The van der Waals surface area contributed by atoms with Crippen LogP contribution >= 0.6 is 34.5 Å². The van der Waals surface area contributed by atoms with Gasteiger partial charge < -0.3 is 4.74 Å². The molecule has 2 amide bonds. The zero-order chi connectivity index (χ0) is 20.5. The number of halogens is 2. The number of amides is 2. The predicted molar refractivity (Wildman–Crippen MR) is 110 cm³/mol. The number of thiophene rings is 1. The highest BCUT2D eigenvalue weighted by Crippen LogP contribution is 2.23. The quantitative estimate of drug-likeness (QED) is 0.343. The molecule has 2 N–H and O–H groups in total. The normalized spacial score (nSPS) is 10.4. The summed E-state index contributed by atoms with van der Waals surface area (Å²) >= 11 is 12.8. The van der Waals surface area contributed by atoms with Crippen LogP contribution in [-0.2, 0) is 9.59 Å². The highest BCUT2D eigenvalue weighted by atomic mass is 35.5. The summed E-state index contributed by atoms with van der Waals surface area (Å²) in [5, 5.41) is 0.640. The molecule has 1 aromatic carbocycles. The molecule has 0 bridgehead atoms. The molecule has 6 nitrogen and oxygen atoms in total. The van der Waals surface area contributed by atoms with Gasteiger partial charge in [-0.2, -0.15) is 0 Å². The predicted octanol–water partition coefficient (Wildman–Crippen LogP) is 4.33. The molecule has 1 heterocycles. The molecule has 0 aliphatic heterocycles. The van der Waals surface area contributed by atoms with Crippen molar-refractivity contribution in [1.29, 1.82) is 0 Å². The fourth-order valence-electron chi connectivity index (χ4n) is 2.27. The van der Waals surface area contributed by atoms with Crippen LogP contribution in [0, 0.1) is 6.92 Å². The maximum Gasteiger partial charge on any atom is 0.238 e. The van der Waals surface area contributed by atoms with Crippen LogP contribution in [0.1, 0.15) is 40.9 Å². The minimum atomic E-state index is -0.433. The summed E-state index contributed by atoms with van der Waals surface area (Å²) in [6.45, 7) is 2.25. The van der Waals surface area contributed by atoms with Crippen LogP contribution in [0.3, 0.4) is 0 Å². The number of hydrazine groups is 1. The first kappa shape index (κ1) is 22.2. The molecule has 9 heteroatoms. The largest absolute Gasteiger partial charge is 0.493 e. The van der Waals surface area contributed by atoms with E-state index in [-0.39, 0.29) is 31.0 Å². The summed E-state index contributed by atoms with van der Waals surface area (Å²) in [5.41, 5.74) is 5.55. The molecule has 28 heavy (non-hydrogen) atoms. The monoisotopic (exact) mass is 442 g/mol. The van der Waals surface area contributed by atoms with Crippen molar-refractivity contribution in [2.45, 2.75) is 32.6 Å². The molecule has 0 unspecified atom stereocenters. The van der Waals surface area contributed by atoms with Crippen molar-refractivity contribution in [1.82, 2.24) is 10.9 Å². The molecule has 150 valence electrons. The molecule has 0 aliphatic rings. The molecular formula is C19H20Cl2N2O4S. The Kier molecular flexibility index (Phi) is 8.76. The average Bonchev–Trinajstić information content (AvgIpc) is 3.09. The van der Waals surface area contributed by atoms with E-state index in [4.69, 9.17) is 27.9 Å². The zero-order valence-electron chi connectivity index (χ0n) is 15.2. The van der Waals surface area contributed by atoms with Crippen LogP contribution in [0.15, 0.2) is 30.3 Å². The van der Waals surface area contributed by atoms with Gasteiger partial charge in [0.05, 0.1) is 15.8 Å². The number of nitrogens with one attached hydrogen (secondary N) is 2. The van der Waals surface area contributed by atoms with E-state index in [9.17, 15) is 14.4 Å². The van der Waals surface area contributed by atoms with E-state index in [0.717, 1.165) is 11.3 Å². The maximum absolute atomic E-state index is 11.9. The van der Waals surface area contributed by atoms with Gasteiger partial charge in [-0.1, -0.05) is 23.2 Å². The van der Waals surface area contributed by atoms with Crippen LogP contribution in [0.2, 0.25) is 9.36 Å². The van der Waals surface area contributed by atoms with Gasteiger partial charge in [-0.15, -0.1) is 11.3 Å². The Balaban J connectivity index is 1.58. The highest BCUT2D eigenvalue weighted by Gasteiger charge is 2.12. The van der Waals surface area contributed by atoms with E-state index in [1.54, 1.807) is 30.3 Å². The molecule has 0 saturated carbocycles. The molecule has 2 aromatic rings. The number of benzene rings is 1. The highest BCUT2D eigenvalue weighted by molar-refractivity contribution is 7.18. The lowest BCUT2D eigenvalue weighted by Crippen LogP contribution is -2.41. The molecule has 2 rings (SSSR count). The van der Waals surface area contributed by atoms with Crippen molar-refractivity contribution in [3.8, 4) is 5.75 Å². The second-order valence-electron chi connectivity index (χ2n) is 5.99. The smallest absolute Gasteiger partial charge is 0.238 e. The van der Waals surface area contributed by atoms with Crippen molar-refractivity contribution in [2.75, 3.05) is 6.61 Å². The van der Waals surface area contributed by atoms with Crippen LogP contribution < -0.4 is 15.6 Å². The fourth-order valence-corrected chi connectivity index (χ4v) is 3.51. The van der Waals surface area contributed by atoms with Crippen molar-refractivity contribution in [2.24, 2.45) is 0 Å². The van der Waals surface area contributed by atoms with Gasteiger partial charge in [-0.25, -0.2) is 0 Å². The molecule has 0 fully saturated rings. The lowest BCUT2D eigenvalue weighted by molar-refractivity contribution is -0.129. The summed E-state index contributed by atoms with van der Waals surface area (Å²) < 4.78 is 6.13. The van der Waals surface area contributed by atoms with E-state index >= 15 is 0 Å². The van der Waals surface area contributed by atoms with E-state index < -0.39 is 5.91 Å². The van der Waals surface area contributed by atoms with Crippen LogP contribution in [0.5, 0.6) is 5.75 Å². The maximum atomic E-state index is 11.9. The Morgan fingerprint density at radius 1 is 1.00 bits per heavy atom. The molecular weight excluding hydrogens is 423 g/mol. The van der Waals surface area contributed by atoms with Gasteiger partial charge in [0.2, 0.25) is 11.8 Å². The van der Waals surface area contributed by atoms with E-state index in [1.807, 2.05) is 6.92 Å². The Morgan fingerprint density at radius 2 is 1.71 bits per heavy atom. The number of Topliss-reactive ketones (excluding diaryl/α,β-unsaturated/α-hetero) is 1. The molecule has 0 radical (unpaired) electrons. The Labute approximate surface area is 177 Å². The van der Waals surface area contributed by atoms with E-state index in [2.05, 4.69) is 10.9 Å². The van der Waals surface area contributed by atoms with Crippen LogP contribution in [-0.4, -0.2) is 24.2 Å². The van der Waals surface area contributed by atoms with Crippen molar-refractivity contribution < 1.29 is 19.1 Å². The number of carbonyl (C=O) groups is 3. The first-order valence-electron chi connectivity index (χ1n) is 8.60. The van der Waals surface area contributed by atoms with Gasteiger partial charge >= 0.3 is 0 Å². The summed E-state index contributed by atoms with van der Waals surface area (Å²) in [4.78, 5) is 35.9. The summed E-state index contributed by atoms with van der Waals surface area (Å²) in [7, 11) is 0. The van der Waals surface area contributed by atoms with Gasteiger partial charge in [-0.05, 0) is 49.2 Å². The number of ether oxygens (including phenoxy) is 1. The zero-order valence-corrected chi connectivity index (χ0v) is 17.5. The van der Waals surface area contributed by atoms with Gasteiger partial charge in [0.1, 0.15) is 5.75 Å².